The van der Waals surface area contributed by atoms with E-state index in [2.05, 4.69) is 19.2 Å². The molecule has 1 fully saturated rings. The maximum atomic E-state index is 11.8. The van der Waals surface area contributed by atoms with Crippen molar-refractivity contribution in [3.8, 4) is 0 Å². The molecule has 8 heteroatoms. The van der Waals surface area contributed by atoms with Gasteiger partial charge in [0.2, 0.25) is 10.0 Å². The van der Waals surface area contributed by atoms with Crippen molar-refractivity contribution in [1.82, 2.24) is 19.2 Å². The Hall–Kier alpha value is -0.570. The third-order valence-corrected chi connectivity index (χ3v) is 5.31. The Morgan fingerprint density at radius 2 is 2.47 bits per heavy atom. The topological polar surface area (TPSA) is 75.2 Å². The van der Waals surface area contributed by atoms with Gasteiger partial charge in [0.05, 0.1) is 10.9 Å². The second-order valence-electron chi connectivity index (χ2n) is 4.08. The van der Waals surface area contributed by atoms with Crippen molar-refractivity contribution in [1.29, 1.82) is 0 Å². The predicted molar refractivity (Wildman–Crippen MR) is 66.2 cm³/mol. The van der Waals surface area contributed by atoms with Crippen molar-refractivity contribution in [2.45, 2.75) is 25.1 Å². The predicted octanol–water partition coefficient (Wildman–Crippen LogP) is 0.0517. The molecule has 2 rings (SSSR count). The molecule has 6 nitrogen and oxygen atoms in total. The molecule has 1 aromatic rings. The Morgan fingerprint density at radius 3 is 3.12 bits per heavy atom. The largest absolute Gasteiger partial charge is 0.296 e. The lowest BCUT2D eigenvalue weighted by Crippen LogP contribution is -2.36. The van der Waals surface area contributed by atoms with Gasteiger partial charge in [-0.2, -0.15) is 0 Å². The summed E-state index contributed by atoms with van der Waals surface area (Å²) < 4.78 is 30.0. The van der Waals surface area contributed by atoms with Gasteiger partial charge in [-0.3, -0.25) is 4.90 Å². The van der Waals surface area contributed by atoms with E-state index < -0.39 is 10.0 Å². The molecule has 0 bridgehead atoms. The summed E-state index contributed by atoms with van der Waals surface area (Å²) in [4.78, 5) is 2.11. The molecule has 1 aliphatic rings. The Balaban J connectivity index is 1.91. The molecule has 96 valence electrons. The van der Waals surface area contributed by atoms with Crippen molar-refractivity contribution < 1.29 is 8.42 Å². The van der Waals surface area contributed by atoms with Crippen LogP contribution in [-0.4, -0.2) is 47.8 Å². The lowest BCUT2D eigenvalue weighted by molar-refractivity contribution is 0.327. The Labute approximate surface area is 105 Å². The fourth-order valence-corrected chi connectivity index (χ4v) is 3.90. The van der Waals surface area contributed by atoms with E-state index >= 15 is 0 Å². The third kappa shape index (κ3) is 3.21. The number of sulfonamides is 1. The van der Waals surface area contributed by atoms with Gasteiger partial charge in [0.1, 0.15) is 0 Å². The van der Waals surface area contributed by atoms with Gasteiger partial charge in [0, 0.05) is 25.0 Å². The normalized spacial score (nSPS) is 22.1. The van der Waals surface area contributed by atoms with Crippen molar-refractivity contribution in [2.75, 3.05) is 19.6 Å². The summed E-state index contributed by atoms with van der Waals surface area (Å²) in [5.41, 5.74) is 0.913. The van der Waals surface area contributed by atoms with Gasteiger partial charge in [0.15, 0.2) is 0 Å². The van der Waals surface area contributed by atoms with E-state index in [-0.39, 0.29) is 5.25 Å². The summed E-state index contributed by atoms with van der Waals surface area (Å²) >= 11 is 1.32. The van der Waals surface area contributed by atoms with Crippen LogP contribution in [-0.2, 0) is 16.6 Å². The molecule has 1 unspecified atom stereocenters. The third-order valence-electron chi connectivity index (χ3n) is 2.80. The zero-order chi connectivity index (χ0) is 12.3. The zero-order valence-electron chi connectivity index (χ0n) is 9.66. The summed E-state index contributed by atoms with van der Waals surface area (Å²) in [5, 5.41) is 5.56. The second-order valence-corrected chi connectivity index (χ2v) is 6.74. The van der Waals surface area contributed by atoms with Crippen LogP contribution in [0.1, 0.15) is 19.0 Å². The molecule has 0 amide bonds. The van der Waals surface area contributed by atoms with Crippen molar-refractivity contribution >= 4 is 21.6 Å². The van der Waals surface area contributed by atoms with Crippen LogP contribution in [0.4, 0.5) is 0 Å². The molecule has 1 atom stereocenters. The molecule has 0 radical (unpaired) electrons. The molecule has 2 heterocycles. The van der Waals surface area contributed by atoms with Gasteiger partial charge < -0.3 is 0 Å². The van der Waals surface area contributed by atoms with E-state index in [4.69, 9.17) is 0 Å². The van der Waals surface area contributed by atoms with Gasteiger partial charge in [-0.1, -0.05) is 11.4 Å². The minimum absolute atomic E-state index is 0.297. The first-order valence-corrected chi connectivity index (χ1v) is 7.97. The van der Waals surface area contributed by atoms with Gasteiger partial charge >= 0.3 is 0 Å². The molecule has 0 aliphatic carbocycles. The fourth-order valence-electron chi connectivity index (χ4n) is 2.00. The summed E-state index contributed by atoms with van der Waals surface area (Å²) in [7, 11) is -3.15. The molecule has 0 aromatic carbocycles. The van der Waals surface area contributed by atoms with Crippen molar-refractivity contribution in [2.24, 2.45) is 0 Å². The molecule has 0 saturated carbocycles. The average molecular weight is 276 g/mol. The SMILES string of the molecule is CCNS(=O)(=O)C1CCN(Cc2csnn2)C1. The number of rotatable bonds is 5. The first-order valence-electron chi connectivity index (χ1n) is 5.58. The van der Waals surface area contributed by atoms with Crippen LogP contribution in [0.3, 0.4) is 0 Å². The summed E-state index contributed by atoms with van der Waals surface area (Å²) in [5.74, 6) is 0. The highest BCUT2D eigenvalue weighted by atomic mass is 32.2. The van der Waals surface area contributed by atoms with E-state index in [1.165, 1.54) is 11.5 Å². The minimum Gasteiger partial charge on any atom is -0.296 e. The highest BCUT2D eigenvalue weighted by molar-refractivity contribution is 7.90. The number of nitrogens with one attached hydrogen (secondary N) is 1. The van der Waals surface area contributed by atoms with E-state index in [1.807, 2.05) is 5.38 Å². The van der Waals surface area contributed by atoms with Crippen molar-refractivity contribution in [3.63, 3.8) is 0 Å². The molecule has 0 spiro atoms. The Morgan fingerprint density at radius 1 is 1.65 bits per heavy atom. The molecule has 1 saturated heterocycles. The van der Waals surface area contributed by atoms with Crippen LogP contribution in [0.25, 0.3) is 0 Å². The van der Waals surface area contributed by atoms with Crippen LogP contribution >= 0.6 is 11.5 Å². The zero-order valence-corrected chi connectivity index (χ0v) is 11.3. The highest BCUT2D eigenvalue weighted by Crippen LogP contribution is 2.18. The van der Waals surface area contributed by atoms with Gasteiger partial charge in [-0.05, 0) is 24.5 Å². The molecule has 1 aromatic heterocycles. The number of hydrogen-bond donors (Lipinski definition) is 1. The fraction of sp³-hybridized carbons (Fsp3) is 0.778. The second kappa shape index (κ2) is 5.38. The van der Waals surface area contributed by atoms with Crippen LogP contribution in [0.15, 0.2) is 5.38 Å². The Bertz CT molecular complexity index is 446. The summed E-state index contributed by atoms with van der Waals surface area (Å²) in [6.07, 6.45) is 0.687. The lowest BCUT2D eigenvalue weighted by atomic mass is 10.4. The van der Waals surface area contributed by atoms with Gasteiger partial charge in [0.25, 0.3) is 0 Å². The maximum Gasteiger partial charge on any atom is 0.215 e. The standard InChI is InChI=1S/C9H16N4O2S2/c1-2-10-17(14,15)9-3-4-13(6-9)5-8-7-16-12-11-8/h7,9-10H,2-6H2,1H3. The lowest BCUT2D eigenvalue weighted by Gasteiger charge is -2.14. The number of hydrogen-bond acceptors (Lipinski definition) is 6. The quantitative estimate of drug-likeness (QED) is 0.822. The first-order chi connectivity index (χ1) is 8.12. The molecular weight excluding hydrogens is 260 g/mol. The number of nitrogens with zero attached hydrogens (tertiary/aromatic N) is 3. The van der Waals surface area contributed by atoms with Crippen molar-refractivity contribution in [3.05, 3.63) is 11.1 Å². The van der Waals surface area contributed by atoms with Crippen LogP contribution in [0, 0.1) is 0 Å². The molecule has 17 heavy (non-hydrogen) atoms. The van der Waals surface area contributed by atoms with E-state index in [0.717, 1.165) is 12.2 Å². The van der Waals surface area contributed by atoms with E-state index in [9.17, 15) is 8.42 Å². The first kappa shape index (κ1) is 12.9. The van der Waals surface area contributed by atoms with E-state index in [1.54, 1.807) is 6.92 Å². The highest BCUT2D eigenvalue weighted by Gasteiger charge is 2.32. The summed E-state index contributed by atoms with van der Waals surface area (Å²) in [6, 6.07) is 0. The van der Waals surface area contributed by atoms with Gasteiger partial charge in [-0.15, -0.1) is 5.10 Å². The van der Waals surface area contributed by atoms with Crippen LogP contribution in [0.2, 0.25) is 0 Å². The maximum absolute atomic E-state index is 11.8. The van der Waals surface area contributed by atoms with Crippen LogP contribution < -0.4 is 4.72 Å². The molecular formula is C9H16N4O2S2. The van der Waals surface area contributed by atoms with Gasteiger partial charge in [-0.25, -0.2) is 13.1 Å². The Kier molecular flexibility index (Phi) is 4.08. The molecule has 1 N–H and O–H groups in total. The number of aromatic nitrogens is 2. The van der Waals surface area contributed by atoms with Crippen LogP contribution in [0.5, 0.6) is 0 Å². The average Bonchev–Trinajstić information content (AvgIpc) is 2.89. The minimum atomic E-state index is -3.15. The molecule has 1 aliphatic heterocycles. The smallest absolute Gasteiger partial charge is 0.215 e. The summed E-state index contributed by atoms with van der Waals surface area (Å²) in [6.45, 7) is 4.31. The monoisotopic (exact) mass is 276 g/mol. The van der Waals surface area contributed by atoms with E-state index in [0.29, 0.717) is 26.1 Å². The number of likely N-dealkylation sites (tertiary alicyclic amines) is 1.